The van der Waals surface area contributed by atoms with Gasteiger partial charge in [-0.25, -0.2) is 9.97 Å². The summed E-state index contributed by atoms with van der Waals surface area (Å²) in [5.74, 6) is -0.175. The first-order valence-electron chi connectivity index (χ1n) is 11.2. The first kappa shape index (κ1) is 22.3. The van der Waals surface area contributed by atoms with E-state index in [2.05, 4.69) is 21.4 Å². The van der Waals surface area contributed by atoms with E-state index in [4.69, 9.17) is 11.0 Å². The van der Waals surface area contributed by atoms with E-state index in [0.717, 1.165) is 24.1 Å². The van der Waals surface area contributed by atoms with E-state index >= 15 is 0 Å². The molecule has 2 amide bonds. The van der Waals surface area contributed by atoms with Crippen LogP contribution in [0.2, 0.25) is 0 Å². The van der Waals surface area contributed by atoms with Gasteiger partial charge in [0.15, 0.2) is 5.65 Å². The number of carbonyl (C=O) groups is 2. The lowest BCUT2D eigenvalue weighted by atomic mass is 10.1. The molecule has 2 aromatic carbocycles. The minimum absolute atomic E-state index is 0.171. The maximum Gasteiger partial charge on any atom is 0.278 e. The van der Waals surface area contributed by atoms with E-state index in [1.807, 2.05) is 28.7 Å². The van der Waals surface area contributed by atoms with Crippen LogP contribution in [0.5, 0.6) is 0 Å². The van der Waals surface area contributed by atoms with Crippen LogP contribution in [0.1, 0.15) is 28.9 Å². The molecule has 0 bridgehead atoms. The molecule has 0 saturated heterocycles. The standard InChI is InChI=1S/C26H23N7O2/c1-32(20-10-2-16(12-27)3-11-20)26(35)21-15-33-22(13-30-23(33)14-29-21)17-6-8-19(9-7-17)31-25(34)24(28)18-4-5-18/h2-3,6-11,13-15,18,24H,4-5,28H2,1H3,(H,31,34)/t24-/m0/s1. The third kappa shape index (κ3) is 4.47. The van der Waals surface area contributed by atoms with Gasteiger partial charge in [-0.2, -0.15) is 5.26 Å². The monoisotopic (exact) mass is 465 g/mol. The molecule has 2 heterocycles. The average Bonchev–Trinajstić information content (AvgIpc) is 3.66. The van der Waals surface area contributed by atoms with E-state index < -0.39 is 6.04 Å². The number of fused-ring (bicyclic) bond motifs is 1. The van der Waals surface area contributed by atoms with E-state index in [9.17, 15) is 9.59 Å². The number of imidazole rings is 1. The number of nitrogens with one attached hydrogen (secondary N) is 1. The Morgan fingerprint density at radius 2 is 1.83 bits per heavy atom. The zero-order valence-corrected chi connectivity index (χ0v) is 19.0. The number of hydrogen-bond acceptors (Lipinski definition) is 6. The van der Waals surface area contributed by atoms with Gasteiger partial charge in [0.05, 0.1) is 35.8 Å². The van der Waals surface area contributed by atoms with Crippen molar-refractivity contribution >= 4 is 28.8 Å². The number of nitrogens with two attached hydrogens (primary N) is 1. The largest absolute Gasteiger partial charge is 0.325 e. The van der Waals surface area contributed by atoms with Crippen LogP contribution in [0.3, 0.4) is 0 Å². The second-order valence-corrected chi connectivity index (χ2v) is 8.60. The van der Waals surface area contributed by atoms with Crippen molar-refractivity contribution in [3.63, 3.8) is 0 Å². The second-order valence-electron chi connectivity index (χ2n) is 8.60. The van der Waals surface area contributed by atoms with Crippen LogP contribution in [-0.4, -0.2) is 39.3 Å². The van der Waals surface area contributed by atoms with Crippen molar-refractivity contribution < 1.29 is 9.59 Å². The fourth-order valence-corrected chi connectivity index (χ4v) is 3.88. The molecule has 9 nitrogen and oxygen atoms in total. The van der Waals surface area contributed by atoms with Crippen molar-refractivity contribution in [2.45, 2.75) is 18.9 Å². The summed E-state index contributed by atoms with van der Waals surface area (Å²) in [5, 5.41) is 11.8. The van der Waals surface area contributed by atoms with Crippen LogP contribution >= 0.6 is 0 Å². The molecule has 1 fully saturated rings. The van der Waals surface area contributed by atoms with Crippen molar-refractivity contribution in [1.29, 1.82) is 5.26 Å². The van der Waals surface area contributed by atoms with Crippen molar-refractivity contribution in [3.8, 4) is 17.3 Å². The molecular weight excluding hydrogens is 442 g/mol. The molecule has 0 unspecified atom stereocenters. The minimum Gasteiger partial charge on any atom is -0.325 e. The molecule has 1 saturated carbocycles. The Bertz CT molecular complexity index is 1450. The Morgan fingerprint density at radius 3 is 2.49 bits per heavy atom. The summed E-state index contributed by atoms with van der Waals surface area (Å²) in [6.45, 7) is 0. The van der Waals surface area contributed by atoms with Gasteiger partial charge in [0.25, 0.3) is 5.91 Å². The average molecular weight is 466 g/mol. The van der Waals surface area contributed by atoms with Crippen LogP contribution in [0.25, 0.3) is 16.9 Å². The van der Waals surface area contributed by atoms with Crippen LogP contribution in [0, 0.1) is 17.2 Å². The highest BCUT2D eigenvalue weighted by atomic mass is 16.2. The summed E-state index contributed by atoms with van der Waals surface area (Å²) in [6.07, 6.45) is 6.93. The predicted molar refractivity (Wildman–Crippen MR) is 132 cm³/mol. The Balaban J connectivity index is 1.37. The highest BCUT2D eigenvalue weighted by Crippen LogP contribution is 2.32. The first-order valence-corrected chi connectivity index (χ1v) is 11.2. The number of aromatic nitrogens is 3. The lowest BCUT2D eigenvalue weighted by Gasteiger charge is -2.17. The number of rotatable bonds is 6. The van der Waals surface area contributed by atoms with E-state index in [1.54, 1.807) is 49.9 Å². The number of amides is 2. The molecule has 1 atom stereocenters. The molecule has 0 spiro atoms. The fraction of sp³-hybridized carbons (Fsp3) is 0.192. The van der Waals surface area contributed by atoms with Gasteiger partial charge < -0.3 is 16.0 Å². The van der Waals surface area contributed by atoms with Crippen molar-refractivity contribution in [2.75, 3.05) is 17.3 Å². The molecule has 0 aliphatic heterocycles. The van der Waals surface area contributed by atoms with Gasteiger partial charge in [-0.1, -0.05) is 12.1 Å². The summed E-state index contributed by atoms with van der Waals surface area (Å²) in [5.41, 5.74) is 10.3. The molecule has 35 heavy (non-hydrogen) atoms. The van der Waals surface area contributed by atoms with E-state index in [-0.39, 0.29) is 23.4 Å². The maximum atomic E-state index is 13.1. The first-order chi connectivity index (χ1) is 16.9. The lowest BCUT2D eigenvalue weighted by Crippen LogP contribution is -2.37. The van der Waals surface area contributed by atoms with Crippen molar-refractivity contribution in [3.05, 3.63) is 78.4 Å². The summed E-state index contributed by atoms with van der Waals surface area (Å²) >= 11 is 0. The molecule has 4 aromatic rings. The summed E-state index contributed by atoms with van der Waals surface area (Å²) in [7, 11) is 1.66. The number of hydrogen-bond donors (Lipinski definition) is 2. The van der Waals surface area contributed by atoms with Crippen LogP contribution < -0.4 is 16.0 Å². The Labute approximate surface area is 201 Å². The smallest absolute Gasteiger partial charge is 0.278 e. The molecule has 2 aromatic heterocycles. The SMILES string of the molecule is CN(C(=O)c1cn2c(-c3ccc(NC(=O)[C@@H](N)C4CC4)cc3)cnc2cn1)c1ccc(C#N)cc1. The van der Waals surface area contributed by atoms with Gasteiger partial charge in [0.1, 0.15) is 5.69 Å². The highest BCUT2D eigenvalue weighted by molar-refractivity contribution is 6.04. The van der Waals surface area contributed by atoms with Crippen molar-refractivity contribution in [2.24, 2.45) is 11.7 Å². The van der Waals surface area contributed by atoms with Gasteiger partial charge in [-0.15, -0.1) is 0 Å². The van der Waals surface area contributed by atoms with Crippen LogP contribution in [0.15, 0.2) is 67.1 Å². The second kappa shape index (κ2) is 9.00. The Hall–Kier alpha value is -4.55. The molecule has 1 aliphatic carbocycles. The zero-order chi connectivity index (χ0) is 24.5. The number of nitriles is 1. The quantitative estimate of drug-likeness (QED) is 0.450. The summed E-state index contributed by atoms with van der Waals surface area (Å²) in [6, 6.07) is 15.8. The molecule has 174 valence electrons. The molecule has 3 N–H and O–H groups in total. The number of anilines is 2. The van der Waals surface area contributed by atoms with Crippen LogP contribution in [-0.2, 0) is 4.79 Å². The summed E-state index contributed by atoms with van der Waals surface area (Å²) in [4.78, 5) is 35.5. The number of benzene rings is 2. The molecule has 1 aliphatic rings. The third-order valence-electron chi connectivity index (χ3n) is 6.18. The highest BCUT2D eigenvalue weighted by Gasteiger charge is 2.33. The Morgan fingerprint density at radius 1 is 1.11 bits per heavy atom. The van der Waals surface area contributed by atoms with Gasteiger partial charge in [0, 0.05) is 30.2 Å². The van der Waals surface area contributed by atoms with Gasteiger partial charge in [-0.3, -0.25) is 14.0 Å². The number of nitrogens with zero attached hydrogens (tertiary/aromatic N) is 5. The van der Waals surface area contributed by atoms with Gasteiger partial charge in [-0.05, 0) is 55.2 Å². The van der Waals surface area contributed by atoms with Gasteiger partial charge in [0.2, 0.25) is 5.91 Å². The molecule has 0 radical (unpaired) electrons. The van der Waals surface area contributed by atoms with E-state index in [0.29, 0.717) is 22.6 Å². The number of carbonyl (C=O) groups excluding carboxylic acids is 2. The Kier molecular flexibility index (Phi) is 5.73. The van der Waals surface area contributed by atoms with Crippen molar-refractivity contribution in [1.82, 2.24) is 14.4 Å². The zero-order valence-electron chi connectivity index (χ0n) is 19.0. The third-order valence-corrected chi connectivity index (χ3v) is 6.18. The minimum atomic E-state index is -0.473. The molecule has 5 rings (SSSR count). The lowest BCUT2D eigenvalue weighted by molar-refractivity contribution is -0.117. The predicted octanol–water partition coefficient (Wildman–Crippen LogP) is 3.22. The maximum absolute atomic E-state index is 13.1. The molecule has 9 heteroatoms. The normalized spacial score (nSPS) is 13.7. The summed E-state index contributed by atoms with van der Waals surface area (Å²) < 4.78 is 1.81. The molecular formula is C26H23N7O2. The van der Waals surface area contributed by atoms with Gasteiger partial charge >= 0.3 is 0 Å². The van der Waals surface area contributed by atoms with Crippen LogP contribution in [0.4, 0.5) is 11.4 Å². The topological polar surface area (TPSA) is 129 Å². The van der Waals surface area contributed by atoms with E-state index in [1.165, 1.54) is 4.90 Å². The fourth-order valence-electron chi connectivity index (χ4n) is 3.88.